The van der Waals surface area contributed by atoms with E-state index < -0.39 is 24.0 Å². The van der Waals surface area contributed by atoms with Crippen LogP contribution in [0.2, 0.25) is 0 Å². The second-order valence-corrected chi connectivity index (χ2v) is 5.41. The highest BCUT2D eigenvalue weighted by atomic mass is 16.5. The van der Waals surface area contributed by atoms with Crippen molar-refractivity contribution in [2.24, 2.45) is 0 Å². The molecule has 0 unspecified atom stereocenters. The number of hydrogen-bond acceptors (Lipinski definition) is 5. The summed E-state index contributed by atoms with van der Waals surface area (Å²) in [5.41, 5.74) is 1.32. The van der Waals surface area contributed by atoms with Gasteiger partial charge in [-0.3, -0.25) is 19.3 Å². The molecular weight excluding hydrogens is 314 g/mol. The highest BCUT2D eigenvalue weighted by Crippen LogP contribution is 2.11. The molecule has 0 aliphatic carbocycles. The van der Waals surface area contributed by atoms with E-state index in [-0.39, 0.29) is 18.9 Å². The summed E-state index contributed by atoms with van der Waals surface area (Å²) < 4.78 is 5.09. The van der Waals surface area contributed by atoms with Crippen molar-refractivity contribution in [1.29, 1.82) is 0 Å². The van der Waals surface area contributed by atoms with Crippen molar-refractivity contribution in [2.75, 3.05) is 18.4 Å². The number of esters is 1. The highest BCUT2D eigenvalue weighted by Gasteiger charge is 2.31. The van der Waals surface area contributed by atoms with Crippen LogP contribution in [0, 0.1) is 0 Å². The van der Waals surface area contributed by atoms with Gasteiger partial charge in [-0.1, -0.05) is 12.1 Å². The van der Waals surface area contributed by atoms with Gasteiger partial charge in [-0.2, -0.15) is 0 Å². The van der Waals surface area contributed by atoms with Gasteiger partial charge in [0.2, 0.25) is 5.91 Å². The standard InChI is InChI=1S/C16H19N3O5/c1-10(15(22)19-8-7-17-16(19)23)24-14(21)9-12-3-5-13(6-4-12)18-11(2)20/h3-6,10H,7-9H2,1-2H3,(H,17,23)(H,18,20)/t10-/m1/s1. The monoisotopic (exact) mass is 333 g/mol. The molecule has 8 nitrogen and oxygen atoms in total. The minimum absolute atomic E-state index is 0.00975. The molecule has 0 radical (unpaired) electrons. The number of nitrogens with zero attached hydrogens (tertiary/aromatic N) is 1. The van der Waals surface area contributed by atoms with Crippen LogP contribution >= 0.6 is 0 Å². The number of carbonyl (C=O) groups is 4. The number of ether oxygens (including phenoxy) is 1. The summed E-state index contributed by atoms with van der Waals surface area (Å²) in [5, 5.41) is 5.14. The Labute approximate surface area is 139 Å². The maximum Gasteiger partial charge on any atom is 0.324 e. The molecule has 2 rings (SSSR count). The molecule has 4 amide bonds. The van der Waals surface area contributed by atoms with E-state index in [1.54, 1.807) is 24.3 Å². The van der Waals surface area contributed by atoms with Crippen molar-refractivity contribution < 1.29 is 23.9 Å². The van der Waals surface area contributed by atoms with Crippen molar-refractivity contribution in [3.63, 3.8) is 0 Å². The molecule has 1 aromatic carbocycles. The summed E-state index contributed by atoms with van der Waals surface area (Å²) >= 11 is 0. The van der Waals surface area contributed by atoms with Crippen LogP contribution < -0.4 is 10.6 Å². The van der Waals surface area contributed by atoms with Crippen molar-refractivity contribution in [1.82, 2.24) is 10.2 Å². The molecule has 24 heavy (non-hydrogen) atoms. The second kappa shape index (κ2) is 7.58. The van der Waals surface area contributed by atoms with Gasteiger partial charge in [0.05, 0.1) is 6.42 Å². The first-order chi connectivity index (χ1) is 11.4. The Bertz CT molecular complexity index is 656. The zero-order valence-electron chi connectivity index (χ0n) is 13.5. The van der Waals surface area contributed by atoms with E-state index in [0.717, 1.165) is 4.90 Å². The van der Waals surface area contributed by atoms with Crippen LogP contribution in [-0.4, -0.2) is 47.9 Å². The number of imide groups is 1. The van der Waals surface area contributed by atoms with E-state index in [1.807, 2.05) is 0 Å². The summed E-state index contributed by atoms with van der Waals surface area (Å²) in [4.78, 5) is 47.4. The first-order valence-corrected chi connectivity index (χ1v) is 7.52. The zero-order chi connectivity index (χ0) is 17.7. The van der Waals surface area contributed by atoms with Crippen molar-refractivity contribution in [2.45, 2.75) is 26.4 Å². The lowest BCUT2D eigenvalue weighted by atomic mass is 10.1. The van der Waals surface area contributed by atoms with Gasteiger partial charge < -0.3 is 15.4 Å². The van der Waals surface area contributed by atoms with Gasteiger partial charge in [-0.15, -0.1) is 0 Å². The van der Waals surface area contributed by atoms with Gasteiger partial charge in [-0.25, -0.2) is 4.79 Å². The van der Waals surface area contributed by atoms with E-state index in [4.69, 9.17) is 4.74 Å². The predicted molar refractivity (Wildman–Crippen MR) is 85.1 cm³/mol. The minimum Gasteiger partial charge on any atom is -0.452 e. The quantitative estimate of drug-likeness (QED) is 0.771. The maximum absolute atomic E-state index is 12.0. The SMILES string of the molecule is CC(=O)Nc1ccc(CC(=O)O[C@H](C)C(=O)N2CCNC2=O)cc1. The summed E-state index contributed by atoms with van der Waals surface area (Å²) in [7, 11) is 0. The van der Waals surface area contributed by atoms with Gasteiger partial charge in [0.1, 0.15) is 0 Å². The Morgan fingerprint density at radius 2 is 1.96 bits per heavy atom. The lowest BCUT2D eigenvalue weighted by Gasteiger charge is -2.18. The molecule has 8 heteroatoms. The van der Waals surface area contributed by atoms with Crippen LogP contribution in [0.5, 0.6) is 0 Å². The number of amides is 4. The first-order valence-electron chi connectivity index (χ1n) is 7.52. The lowest BCUT2D eigenvalue weighted by molar-refractivity contribution is -0.156. The Kier molecular flexibility index (Phi) is 5.51. The van der Waals surface area contributed by atoms with E-state index in [1.165, 1.54) is 13.8 Å². The third-order valence-electron chi connectivity index (χ3n) is 3.40. The van der Waals surface area contributed by atoms with Crippen LogP contribution in [0.4, 0.5) is 10.5 Å². The number of anilines is 1. The van der Waals surface area contributed by atoms with E-state index >= 15 is 0 Å². The minimum atomic E-state index is -1.03. The van der Waals surface area contributed by atoms with Crippen LogP contribution in [0.25, 0.3) is 0 Å². The predicted octanol–water partition coefficient (Wildman–Crippen LogP) is 0.671. The normalized spacial score (nSPS) is 14.8. The van der Waals surface area contributed by atoms with E-state index in [2.05, 4.69) is 10.6 Å². The van der Waals surface area contributed by atoms with Gasteiger partial charge in [0.25, 0.3) is 5.91 Å². The number of benzene rings is 1. The largest absolute Gasteiger partial charge is 0.452 e. The molecule has 2 N–H and O–H groups in total. The van der Waals surface area contributed by atoms with E-state index in [0.29, 0.717) is 17.8 Å². The Hall–Kier alpha value is -2.90. The second-order valence-electron chi connectivity index (χ2n) is 5.41. The van der Waals surface area contributed by atoms with Gasteiger partial charge >= 0.3 is 12.0 Å². The maximum atomic E-state index is 12.0. The fourth-order valence-electron chi connectivity index (χ4n) is 2.27. The van der Waals surface area contributed by atoms with Crippen molar-refractivity contribution in [3.8, 4) is 0 Å². The zero-order valence-corrected chi connectivity index (χ0v) is 13.5. The number of rotatable bonds is 5. The number of urea groups is 1. The molecule has 1 heterocycles. The molecule has 1 fully saturated rings. The Morgan fingerprint density at radius 3 is 2.50 bits per heavy atom. The molecular formula is C16H19N3O5. The van der Waals surface area contributed by atoms with E-state index in [9.17, 15) is 19.2 Å². The molecule has 1 saturated heterocycles. The molecule has 0 spiro atoms. The number of hydrogen-bond donors (Lipinski definition) is 2. The average Bonchev–Trinajstić information content (AvgIpc) is 2.94. The van der Waals surface area contributed by atoms with Gasteiger partial charge in [0, 0.05) is 25.7 Å². The third kappa shape index (κ3) is 4.55. The Balaban J connectivity index is 1.87. The summed E-state index contributed by atoms with van der Waals surface area (Å²) in [6.07, 6.45) is -1.04. The van der Waals surface area contributed by atoms with Gasteiger partial charge in [-0.05, 0) is 24.6 Å². The Morgan fingerprint density at radius 1 is 1.29 bits per heavy atom. The fraction of sp³-hybridized carbons (Fsp3) is 0.375. The number of carbonyl (C=O) groups excluding carboxylic acids is 4. The van der Waals surface area contributed by atoms with Crippen LogP contribution in [0.3, 0.4) is 0 Å². The summed E-state index contributed by atoms with van der Waals surface area (Å²) in [5.74, 6) is -1.29. The highest BCUT2D eigenvalue weighted by molar-refractivity contribution is 5.98. The molecule has 1 atom stereocenters. The topological polar surface area (TPSA) is 105 Å². The van der Waals surface area contributed by atoms with Crippen molar-refractivity contribution in [3.05, 3.63) is 29.8 Å². The summed E-state index contributed by atoms with van der Waals surface area (Å²) in [6, 6.07) is 6.25. The fourth-order valence-corrected chi connectivity index (χ4v) is 2.27. The summed E-state index contributed by atoms with van der Waals surface area (Å²) in [6.45, 7) is 3.51. The molecule has 0 bridgehead atoms. The van der Waals surface area contributed by atoms with Crippen LogP contribution in [0.1, 0.15) is 19.4 Å². The third-order valence-corrected chi connectivity index (χ3v) is 3.40. The van der Waals surface area contributed by atoms with Gasteiger partial charge in [0.15, 0.2) is 6.10 Å². The molecule has 1 aromatic rings. The van der Waals surface area contributed by atoms with Crippen LogP contribution in [-0.2, 0) is 25.5 Å². The smallest absolute Gasteiger partial charge is 0.324 e. The molecule has 0 saturated carbocycles. The van der Waals surface area contributed by atoms with Crippen molar-refractivity contribution >= 4 is 29.5 Å². The average molecular weight is 333 g/mol. The molecule has 1 aliphatic heterocycles. The first kappa shape index (κ1) is 17.5. The molecule has 128 valence electrons. The number of nitrogens with one attached hydrogen (secondary N) is 2. The van der Waals surface area contributed by atoms with Crippen LogP contribution in [0.15, 0.2) is 24.3 Å². The molecule has 0 aromatic heterocycles. The lowest BCUT2D eigenvalue weighted by Crippen LogP contribution is -2.42. The molecule has 1 aliphatic rings.